The zero-order valence-corrected chi connectivity index (χ0v) is 17.2. The molecule has 0 bridgehead atoms. The van der Waals surface area contributed by atoms with Crippen molar-refractivity contribution < 1.29 is 67.2 Å². The van der Waals surface area contributed by atoms with Gasteiger partial charge in [0.15, 0.2) is 10.1 Å². The number of carbonyl (C=O) groups excluding carboxylic acids is 2. The van der Waals surface area contributed by atoms with Gasteiger partial charge < -0.3 is 24.2 Å². The molecular formula is C15H17F8N2O7S-. The maximum absolute atomic E-state index is 13.8. The van der Waals surface area contributed by atoms with E-state index in [4.69, 9.17) is 0 Å². The molecule has 1 amide bonds. The molecular weight excluding hydrogens is 504 g/mol. The van der Waals surface area contributed by atoms with Gasteiger partial charge in [-0.1, -0.05) is 6.58 Å². The fraction of sp³-hybridized carbons (Fsp3) is 0.733. The summed E-state index contributed by atoms with van der Waals surface area (Å²) in [4.78, 5) is 24.5. The molecule has 1 aliphatic rings. The molecule has 0 saturated carbocycles. The lowest BCUT2D eigenvalue weighted by atomic mass is 10.1. The molecule has 1 rings (SSSR count). The Bertz CT molecular complexity index is 859. The minimum absolute atomic E-state index is 0.00554. The van der Waals surface area contributed by atoms with Gasteiger partial charge in [-0.15, -0.1) is 0 Å². The van der Waals surface area contributed by atoms with Crippen molar-refractivity contribution in [2.24, 2.45) is 0 Å². The van der Waals surface area contributed by atoms with Gasteiger partial charge in [-0.2, -0.15) is 35.1 Å². The molecule has 1 unspecified atom stereocenters. The van der Waals surface area contributed by atoms with Crippen LogP contribution in [-0.2, 0) is 29.2 Å². The molecule has 18 heteroatoms. The van der Waals surface area contributed by atoms with Crippen molar-refractivity contribution in [1.82, 2.24) is 10.2 Å². The highest BCUT2D eigenvalue weighted by molar-refractivity contribution is 7.86. The van der Waals surface area contributed by atoms with Gasteiger partial charge in [0.1, 0.15) is 0 Å². The van der Waals surface area contributed by atoms with Crippen molar-refractivity contribution in [3.05, 3.63) is 12.4 Å². The van der Waals surface area contributed by atoms with Crippen molar-refractivity contribution in [3.8, 4) is 0 Å². The molecule has 0 radical (unpaired) electrons. The quantitative estimate of drug-likeness (QED) is 0.114. The number of hydrogen-bond donors (Lipinski definition) is 1. The van der Waals surface area contributed by atoms with Gasteiger partial charge in [0.2, 0.25) is 5.83 Å². The molecule has 1 fully saturated rings. The molecule has 33 heavy (non-hydrogen) atoms. The number of nitrogens with zero attached hydrogens (tertiary/aromatic N) is 1. The number of carbonyl (C=O) groups is 2. The first-order valence-electron chi connectivity index (χ1n) is 8.80. The van der Waals surface area contributed by atoms with E-state index in [9.17, 15) is 57.7 Å². The van der Waals surface area contributed by atoms with E-state index in [2.05, 4.69) is 21.4 Å². The maximum Gasteiger partial charge on any atom is 0.466 e. The third-order valence-corrected chi connectivity index (χ3v) is 5.12. The molecule has 1 heterocycles. The Labute approximate surface area is 181 Å². The smallest absolute Gasteiger partial charge is 0.466 e. The van der Waals surface area contributed by atoms with Gasteiger partial charge in [0, 0.05) is 32.6 Å². The SMILES string of the molecule is C=C(F)C(=O)OC(OCCCC(F)(F)C(F)(F)S(=O)(=O)[O-])(C(=O)N1CCNCC1)C(F)(F)F. The van der Waals surface area contributed by atoms with E-state index in [0.717, 1.165) is 0 Å². The first-order chi connectivity index (χ1) is 14.8. The summed E-state index contributed by atoms with van der Waals surface area (Å²) in [6.07, 6.45) is -9.56. The van der Waals surface area contributed by atoms with E-state index in [1.54, 1.807) is 0 Å². The summed E-state index contributed by atoms with van der Waals surface area (Å²) in [5, 5.41) is -3.41. The number of rotatable bonds is 10. The molecule has 0 aromatic rings. The van der Waals surface area contributed by atoms with Crippen LogP contribution in [0.4, 0.5) is 35.1 Å². The molecule has 0 aromatic carbocycles. The average Bonchev–Trinajstić information content (AvgIpc) is 2.68. The van der Waals surface area contributed by atoms with Crippen LogP contribution in [0, 0.1) is 0 Å². The van der Waals surface area contributed by atoms with Crippen LogP contribution in [-0.4, -0.2) is 85.7 Å². The van der Waals surface area contributed by atoms with Crippen molar-refractivity contribution in [3.63, 3.8) is 0 Å². The lowest BCUT2D eigenvalue weighted by Crippen LogP contribution is -2.64. The fourth-order valence-corrected chi connectivity index (χ4v) is 2.96. The van der Waals surface area contributed by atoms with Gasteiger partial charge in [-0.3, -0.25) is 4.79 Å². The minimum Gasteiger partial charge on any atom is -0.743 e. The second-order valence-corrected chi connectivity index (χ2v) is 8.00. The van der Waals surface area contributed by atoms with Crippen LogP contribution in [0.15, 0.2) is 12.4 Å². The van der Waals surface area contributed by atoms with Gasteiger partial charge in [0.05, 0.1) is 6.61 Å². The highest BCUT2D eigenvalue weighted by Gasteiger charge is 2.68. The van der Waals surface area contributed by atoms with Gasteiger partial charge in [-0.25, -0.2) is 13.2 Å². The Morgan fingerprint density at radius 1 is 1.06 bits per heavy atom. The molecule has 0 spiro atoms. The number of hydrogen-bond acceptors (Lipinski definition) is 8. The van der Waals surface area contributed by atoms with Crippen molar-refractivity contribution >= 4 is 22.0 Å². The van der Waals surface area contributed by atoms with E-state index >= 15 is 0 Å². The van der Waals surface area contributed by atoms with E-state index in [0.29, 0.717) is 4.90 Å². The predicted octanol–water partition coefficient (Wildman–Crippen LogP) is 1.27. The molecule has 1 atom stereocenters. The second-order valence-electron chi connectivity index (χ2n) is 6.58. The predicted molar refractivity (Wildman–Crippen MR) is 89.4 cm³/mol. The second kappa shape index (κ2) is 10.1. The molecule has 0 aliphatic carbocycles. The summed E-state index contributed by atoms with van der Waals surface area (Å²) in [6, 6.07) is 0. The summed E-state index contributed by atoms with van der Waals surface area (Å²) < 4.78 is 147. The lowest BCUT2D eigenvalue weighted by molar-refractivity contribution is -0.351. The Kier molecular flexibility index (Phi) is 8.84. The van der Waals surface area contributed by atoms with Crippen molar-refractivity contribution in [2.45, 2.75) is 36.0 Å². The van der Waals surface area contributed by atoms with E-state index in [-0.39, 0.29) is 26.2 Å². The molecule has 1 aliphatic heterocycles. The number of halogens is 8. The Balaban J connectivity index is 3.17. The zero-order valence-electron chi connectivity index (χ0n) is 16.4. The largest absolute Gasteiger partial charge is 0.743 e. The first-order valence-corrected chi connectivity index (χ1v) is 10.2. The molecule has 192 valence electrons. The monoisotopic (exact) mass is 521 g/mol. The Hall–Kier alpha value is -2.05. The van der Waals surface area contributed by atoms with E-state index in [1.165, 1.54) is 0 Å². The van der Waals surface area contributed by atoms with E-state index < -0.39 is 70.4 Å². The van der Waals surface area contributed by atoms with Crippen LogP contribution < -0.4 is 5.32 Å². The number of esters is 1. The van der Waals surface area contributed by atoms with E-state index in [1.807, 2.05) is 0 Å². The third kappa shape index (κ3) is 6.30. The minimum atomic E-state index is -6.84. The maximum atomic E-state index is 13.8. The van der Waals surface area contributed by atoms with Gasteiger partial charge in [0.25, 0.3) is 0 Å². The average molecular weight is 521 g/mol. The molecule has 1 N–H and O–H groups in total. The summed E-state index contributed by atoms with van der Waals surface area (Å²) in [5.74, 6) is -16.6. The number of amides is 1. The highest BCUT2D eigenvalue weighted by Crippen LogP contribution is 2.42. The molecule has 1 saturated heterocycles. The van der Waals surface area contributed by atoms with Gasteiger partial charge in [-0.05, 0) is 6.42 Å². The zero-order chi connectivity index (χ0) is 25.9. The van der Waals surface area contributed by atoms with Crippen molar-refractivity contribution in [2.75, 3.05) is 32.8 Å². The Morgan fingerprint density at radius 2 is 1.58 bits per heavy atom. The summed E-state index contributed by atoms with van der Waals surface area (Å²) >= 11 is 0. The standard InChI is InChI=1S/C15H18F8N2O7S/c1-9(16)10(26)32-13(14(19,20)21,11(27)25-6-4-24-5-7-25)31-8-2-3-12(17,18)15(22,23)33(28,29)30/h24H,1-8H2,(H,28,29,30)/p-1. The number of piperazine rings is 1. The molecule has 9 nitrogen and oxygen atoms in total. The van der Waals surface area contributed by atoms with Crippen LogP contribution in [0.1, 0.15) is 12.8 Å². The topological polar surface area (TPSA) is 125 Å². The van der Waals surface area contributed by atoms with Crippen LogP contribution in [0.2, 0.25) is 0 Å². The first kappa shape index (κ1) is 29.0. The number of alkyl halides is 7. The lowest BCUT2D eigenvalue weighted by Gasteiger charge is -2.38. The van der Waals surface area contributed by atoms with Crippen LogP contribution >= 0.6 is 0 Å². The Morgan fingerprint density at radius 3 is 2.00 bits per heavy atom. The number of ether oxygens (including phenoxy) is 2. The summed E-state index contributed by atoms with van der Waals surface area (Å²) in [7, 11) is -6.84. The van der Waals surface area contributed by atoms with Crippen molar-refractivity contribution in [1.29, 1.82) is 0 Å². The fourth-order valence-electron chi connectivity index (χ4n) is 2.50. The van der Waals surface area contributed by atoms with Crippen LogP contribution in [0.25, 0.3) is 0 Å². The molecule has 0 aromatic heterocycles. The summed E-state index contributed by atoms with van der Waals surface area (Å²) in [6.45, 7) is 0.0392. The number of nitrogens with one attached hydrogen (secondary N) is 1. The summed E-state index contributed by atoms with van der Waals surface area (Å²) in [5.41, 5.74) is 0. The van der Waals surface area contributed by atoms with Crippen LogP contribution in [0.3, 0.4) is 0 Å². The normalized spacial score (nSPS) is 17.9. The van der Waals surface area contributed by atoms with Gasteiger partial charge >= 0.3 is 35.0 Å². The van der Waals surface area contributed by atoms with Crippen LogP contribution in [0.5, 0.6) is 0 Å². The highest BCUT2D eigenvalue weighted by atomic mass is 32.2. The third-order valence-electron chi connectivity index (χ3n) is 4.20.